The number of carbonyl (C=O) groups is 1. The number of benzene rings is 1. The van der Waals surface area contributed by atoms with E-state index in [1.165, 1.54) is 0 Å². The zero-order valence-electron chi connectivity index (χ0n) is 11.5. The van der Waals surface area contributed by atoms with Gasteiger partial charge >= 0.3 is 0 Å². The van der Waals surface area contributed by atoms with E-state index in [0.29, 0.717) is 0 Å². The molecular weight excluding hydrogens is 284 g/mol. The fraction of sp³-hybridized carbons (Fsp3) is 0.133. The molecule has 0 aliphatic rings. The average Bonchev–Trinajstić information content (AvgIpc) is 3.08. The van der Waals surface area contributed by atoms with Crippen LogP contribution in [0.5, 0.6) is 0 Å². The number of aryl methyl sites for hydroxylation is 1. The maximum atomic E-state index is 12.0. The Labute approximate surface area is 125 Å². The van der Waals surface area contributed by atoms with Gasteiger partial charge in [0.25, 0.3) is 5.91 Å². The molecule has 0 saturated heterocycles. The molecule has 0 spiro atoms. The number of thiophene rings is 1. The highest BCUT2D eigenvalue weighted by atomic mass is 32.1. The van der Waals surface area contributed by atoms with Gasteiger partial charge in [-0.15, -0.1) is 0 Å². The SMILES string of the molecule is Cc1nc2ccccc2n1CC(=O)N/N=C/c1ccsc1. The van der Waals surface area contributed by atoms with Crippen LogP contribution in [0.1, 0.15) is 11.4 Å². The number of rotatable bonds is 4. The largest absolute Gasteiger partial charge is 0.319 e. The Balaban J connectivity index is 1.70. The van der Waals surface area contributed by atoms with Crippen molar-refractivity contribution in [3.63, 3.8) is 0 Å². The summed E-state index contributed by atoms with van der Waals surface area (Å²) < 4.78 is 1.88. The lowest BCUT2D eigenvalue weighted by molar-refractivity contribution is -0.121. The molecule has 5 nitrogen and oxygen atoms in total. The Morgan fingerprint density at radius 3 is 3.10 bits per heavy atom. The molecule has 0 saturated carbocycles. The van der Waals surface area contributed by atoms with Crippen molar-refractivity contribution >= 4 is 34.5 Å². The fourth-order valence-electron chi connectivity index (χ4n) is 2.10. The van der Waals surface area contributed by atoms with E-state index in [1.807, 2.05) is 52.6 Å². The maximum Gasteiger partial charge on any atom is 0.260 e. The van der Waals surface area contributed by atoms with Gasteiger partial charge in [0, 0.05) is 5.56 Å². The molecule has 106 valence electrons. The van der Waals surface area contributed by atoms with Crippen LogP contribution < -0.4 is 5.43 Å². The van der Waals surface area contributed by atoms with E-state index in [-0.39, 0.29) is 12.5 Å². The van der Waals surface area contributed by atoms with Crippen LogP contribution in [-0.4, -0.2) is 21.7 Å². The second-order valence-corrected chi connectivity index (χ2v) is 5.36. The molecule has 1 N–H and O–H groups in total. The van der Waals surface area contributed by atoms with Gasteiger partial charge in [-0.05, 0) is 35.9 Å². The summed E-state index contributed by atoms with van der Waals surface area (Å²) in [5, 5.41) is 7.88. The van der Waals surface area contributed by atoms with E-state index >= 15 is 0 Å². The summed E-state index contributed by atoms with van der Waals surface area (Å²) in [4.78, 5) is 16.4. The molecular formula is C15H14N4OS. The van der Waals surface area contributed by atoms with Crippen molar-refractivity contribution in [2.75, 3.05) is 0 Å². The van der Waals surface area contributed by atoms with Crippen LogP contribution in [0.2, 0.25) is 0 Å². The quantitative estimate of drug-likeness (QED) is 0.594. The van der Waals surface area contributed by atoms with Gasteiger partial charge in [0.2, 0.25) is 0 Å². The Hall–Kier alpha value is -2.47. The monoisotopic (exact) mass is 298 g/mol. The lowest BCUT2D eigenvalue weighted by Gasteiger charge is -2.05. The molecule has 2 heterocycles. The number of fused-ring (bicyclic) bond motifs is 1. The topological polar surface area (TPSA) is 59.3 Å². The number of hydrogen-bond acceptors (Lipinski definition) is 4. The van der Waals surface area contributed by atoms with Crippen LogP contribution in [0.15, 0.2) is 46.2 Å². The first-order chi connectivity index (χ1) is 10.2. The predicted octanol–water partition coefficient (Wildman–Crippen LogP) is 2.56. The maximum absolute atomic E-state index is 12.0. The smallest absolute Gasteiger partial charge is 0.260 e. The first kappa shape index (κ1) is 13.5. The van der Waals surface area contributed by atoms with Gasteiger partial charge in [-0.2, -0.15) is 16.4 Å². The molecule has 0 aliphatic heterocycles. The van der Waals surface area contributed by atoms with Gasteiger partial charge in [0.1, 0.15) is 12.4 Å². The number of hydrogen-bond donors (Lipinski definition) is 1. The Kier molecular flexibility index (Phi) is 3.79. The standard InChI is InChI=1S/C15H14N4OS/c1-11-17-13-4-2-3-5-14(13)19(11)9-15(20)18-16-8-12-6-7-21-10-12/h2-8,10H,9H2,1H3,(H,18,20)/b16-8+. The normalized spacial score (nSPS) is 11.3. The van der Waals surface area contributed by atoms with Crippen molar-refractivity contribution in [2.24, 2.45) is 5.10 Å². The summed E-state index contributed by atoms with van der Waals surface area (Å²) >= 11 is 1.59. The van der Waals surface area contributed by atoms with Gasteiger partial charge in [0.05, 0.1) is 17.2 Å². The molecule has 3 rings (SSSR count). The zero-order chi connectivity index (χ0) is 14.7. The average molecular weight is 298 g/mol. The van der Waals surface area contributed by atoms with Gasteiger partial charge in [0.15, 0.2) is 0 Å². The molecule has 1 amide bonds. The predicted molar refractivity (Wildman–Crippen MR) is 84.5 cm³/mol. The summed E-state index contributed by atoms with van der Waals surface area (Å²) in [7, 11) is 0. The van der Waals surface area contributed by atoms with Crippen LogP contribution >= 0.6 is 11.3 Å². The third-order valence-corrected chi connectivity index (χ3v) is 3.79. The van der Waals surface area contributed by atoms with Crippen LogP contribution in [-0.2, 0) is 11.3 Å². The first-order valence-electron chi connectivity index (χ1n) is 6.50. The second-order valence-electron chi connectivity index (χ2n) is 4.58. The number of carbonyl (C=O) groups excluding carboxylic acids is 1. The number of amides is 1. The third-order valence-electron chi connectivity index (χ3n) is 3.09. The van der Waals surface area contributed by atoms with Gasteiger partial charge in [-0.25, -0.2) is 10.4 Å². The van der Waals surface area contributed by atoms with Crippen molar-refractivity contribution in [1.29, 1.82) is 0 Å². The van der Waals surface area contributed by atoms with E-state index < -0.39 is 0 Å². The summed E-state index contributed by atoms with van der Waals surface area (Å²) in [5.74, 6) is 0.640. The Bertz CT molecular complexity index is 789. The lowest BCUT2D eigenvalue weighted by Crippen LogP contribution is -2.23. The van der Waals surface area contributed by atoms with Gasteiger partial charge < -0.3 is 4.57 Å². The van der Waals surface area contributed by atoms with Crippen molar-refractivity contribution in [1.82, 2.24) is 15.0 Å². The van der Waals surface area contributed by atoms with Crippen LogP contribution in [0, 0.1) is 6.92 Å². The van der Waals surface area contributed by atoms with Crippen molar-refractivity contribution in [3.05, 3.63) is 52.5 Å². The lowest BCUT2D eigenvalue weighted by atomic mass is 10.3. The van der Waals surface area contributed by atoms with Crippen molar-refractivity contribution in [2.45, 2.75) is 13.5 Å². The van der Waals surface area contributed by atoms with Crippen LogP contribution in [0.3, 0.4) is 0 Å². The minimum absolute atomic E-state index is 0.173. The molecule has 1 aromatic carbocycles. The first-order valence-corrected chi connectivity index (χ1v) is 7.44. The minimum Gasteiger partial charge on any atom is -0.319 e. The van der Waals surface area contributed by atoms with E-state index in [0.717, 1.165) is 22.4 Å². The third kappa shape index (κ3) is 3.00. The summed E-state index contributed by atoms with van der Waals surface area (Å²) in [5.41, 5.74) is 5.36. The molecule has 0 aliphatic carbocycles. The number of nitrogens with zero attached hydrogens (tertiary/aromatic N) is 3. The summed E-state index contributed by atoms with van der Waals surface area (Å²) in [6, 6.07) is 9.70. The number of para-hydroxylation sites is 2. The van der Waals surface area contributed by atoms with E-state index in [9.17, 15) is 4.79 Å². The number of hydrazone groups is 1. The zero-order valence-corrected chi connectivity index (χ0v) is 12.3. The highest BCUT2D eigenvalue weighted by Gasteiger charge is 2.09. The van der Waals surface area contributed by atoms with Gasteiger partial charge in [-0.1, -0.05) is 12.1 Å². The second kappa shape index (κ2) is 5.88. The van der Waals surface area contributed by atoms with E-state index in [4.69, 9.17) is 0 Å². The highest BCUT2D eigenvalue weighted by Crippen LogP contribution is 2.14. The molecule has 21 heavy (non-hydrogen) atoms. The summed E-state index contributed by atoms with van der Waals surface area (Å²) in [6.45, 7) is 2.09. The van der Waals surface area contributed by atoms with E-state index in [2.05, 4.69) is 15.5 Å². The molecule has 2 aromatic heterocycles. The summed E-state index contributed by atoms with van der Waals surface area (Å²) in [6.07, 6.45) is 1.63. The number of nitrogens with one attached hydrogen (secondary N) is 1. The Morgan fingerprint density at radius 1 is 1.43 bits per heavy atom. The fourth-order valence-corrected chi connectivity index (χ4v) is 2.71. The molecule has 6 heteroatoms. The molecule has 3 aromatic rings. The van der Waals surface area contributed by atoms with Crippen molar-refractivity contribution in [3.8, 4) is 0 Å². The highest BCUT2D eigenvalue weighted by molar-refractivity contribution is 7.08. The molecule has 0 bridgehead atoms. The number of aromatic nitrogens is 2. The van der Waals surface area contributed by atoms with E-state index in [1.54, 1.807) is 17.6 Å². The Morgan fingerprint density at radius 2 is 2.29 bits per heavy atom. The van der Waals surface area contributed by atoms with Crippen molar-refractivity contribution < 1.29 is 4.79 Å². The minimum atomic E-state index is -0.173. The number of imidazole rings is 1. The molecule has 0 unspecified atom stereocenters. The van der Waals surface area contributed by atoms with Gasteiger partial charge in [-0.3, -0.25) is 4.79 Å². The molecule has 0 radical (unpaired) electrons. The molecule has 0 fully saturated rings. The molecule has 0 atom stereocenters. The van der Waals surface area contributed by atoms with Crippen LogP contribution in [0.4, 0.5) is 0 Å². The van der Waals surface area contributed by atoms with Crippen LogP contribution in [0.25, 0.3) is 11.0 Å².